The molecule has 0 spiro atoms. The van der Waals surface area contributed by atoms with Gasteiger partial charge in [0.2, 0.25) is 11.6 Å². The first-order valence-corrected chi connectivity index (χ1v) is 5.33. The van der Waals surface area contributed by atoms with Crippen LogP contribution in [0, 0.1) is 0 Å². The normalized spacial score (nSPS) is 10.0. The Balaban J connectivity index is 2.38. The van der Waals surface area contributed by atoms with E-state index in [1.54, 1.807) is 30.3 Å². The largest absolute Gasteiger partial charge is 0.505 e. The van der Waals surface area contributed by atoms with Gasteiger partial charge in [0.1, 0.15) is 5.75 Å². The lowest BCUT2D eigenvalue weighted by Crippen LogP contribution is -2.14. The number of nitrogens with two attached hydrogens (primary N) is 1. The highest BCUT2D eigenvalue weighted by Crippen LogP contribution is 2.25. The number of aromatic hydroxyl groups is 1. The third kappa shape index (κ3) is 2.08. The summed E-state index contributed by atoms with van der Waals surface area (Å²) in [7, 11) is 0. The monoisotopic (exact) mass is 241 g/mol. The Morgan fingerprint density at radius 2 is 1.56 bits per heavy atom. The Kier molecular flexibility index (Phi) is 3.10. The van der Waals surface area contributed by atoms with Crippen LogP contribution in [-0.2, 0) is 0 Å². The van der Waals surface area contributed by atoms with Crippen LogP contribution in [0.2, 0.25) is 0 Å². The second-order valence-corrected chi connectivity index (χ2v) is 3.77. The number of hydrogen-bond donors (Lipinski definition) is 2. The van der Waals surface area contributed by atoms with Crippen LogP contribution in [0.25, 0.3) is 0 Å². The Labute approximate surface area is 104 Å². The van der Waals surface area contributed by atoms with E-state index in [4.69, 9.17) is 5.73 Å². The molecule has 0 aromatic heterocycles. The van der Waals surface area contributed by atoms with Gasteiger partial charge in [-0.25, -0.2) is 0 Å². The molecule has 0 heterocycles. The van der Waals surface area contributed by atoms with E-state index in [0.717, 1.165) is 0 Å². The summed E-state index contributed by atoms with van der Waals surface area (Å²) in [5.74, 6) is -1.80. The fourth-order valence-corrected chi connectivity index (χ4v) is 1.59. The lowest BCUT2D eigenvalue weighted by Gasteiger charge is -2.05. The highest BCUT2D eigenvalue weighted by molar-refractivity contribution is 6.49. The molecule has 0 atom stereocenters. The Morgan fingerprint density at radius 1 is 0.889 bits per heavy atom. The number of ketones is 2. The second-order valence-electron chi connectivity index (χ2n) is 3.77. The van der Waals surface area contributed by atoms with Crippen molar-refractivity contribution in [2.45, 2.75) is 0 Å². The number of nitrogen functional groups attached to an aromatic ring is 1. The van der Waals surface area contributed by atoms with Gasteiger partial charge >= 0.3 is 0 Å². The number of phenolic OH excluding ortho intramolecular Hbond substituents is 1. The maximum absolute atomic E-state index is 12.0. The smallest absolute Gasteiger partial charge is 0.237 e. The first-order valence-electron chi connectivity index (χ1n) is 5.33. The fourth-order valence-electron chi connectivity index (χ4n) is 1.59. The molecule has 90 valence electrons. The summed E-state index contributed by atoms with van der Waals surface area (Å²) < 4.78 is 0. The molecular formula is C14H11NO3. The van der Waals surface area contributed by atoms with Gasteiger partial charge in [0.25, 0.3) is 0 Å². The predicted molar refractivity (Wildman–Crippen MR) is 67.6 cm³/mol. The van der Waals surface area contributed by atoms with E-state index >= 15 is 0 Å². The highest BCUT2D eigenvalue weighted by Gasteiger charge is 2.21. The lowest BCUT2D eigenvalue weighted by atomic mass is 10.0. The van der Waals surface area contributed by atoms with E-state index in [2.05, 4.69) is 0 Å². The molecule has 0 saturated carbocycles. The molecule has 2 rings (SSSR count). The minimum Gasteiger partial charge on any atom is -0.505 e. The summed E-state index contributed by atoms with van der Waals surface area (Å²) in [5.41, 5.74) is 5.76. The van der Waals surface area contributed by atoms with E-state index in [1.165, 1.54) is 18.2 Å². The molecule has 4 nitrogen and oxygen atoms in total. The van der Waals surface area contributed by atoms with E-state index in [1.807, 2.05) is 0 Å². The van der Waals surface area contributed by atoms with Crippen molar-refractivity contribution in [2.75, 3.05) is 5.73 Å². The molecule has 0 bridgehead atoms. The van der Waals surface area contributed by atoms with E-state index in [9.17, 15) is 14.7 Å². The van der Waals surface area contributed by atoms with Crippen LogP contribution in [-0.4, -0.2) is 16.7 Å². The van der Waals surface area contributed by atoms with Crippen molar-refractivity contribution in [1.82, 2.24) is 0 Å². The minimum absolute atomic E-state index is 0.0710. The fraction of sp³-hybridized carbons (Fsp3) is 0. The van der Waals surface area contributed by atoms with Gasteiger partial charge < -0.3 is 10.8 Å². The lowest BCUT2D eigenvalue weighted by molar-refractivity contribution is 0.0815. The molecule has 4 heteroatoms. The zero-order valence-electron chi connectivity index (χ0n) is 9.46. The number of phenols is 1. The molecule has 0 aliphatic carbocycles. The zero-order chi connectivity index (χ0) is 13.1. The van der Waals surface area contributed by atoms with Gasteiger partial charge in [-0.2, -0.15) is 0 Å². The molecule has 3 N–H and O–H groups in total. The summed E-state index contributed by atoms with van der Waals surface area (Å²) in [5, 5.41) is 9.67. The third-order valence-electron chi connectivity index (χ3n) is 2.55. The van der Waals surface area contributed by atoms with Crippen LogP contribution in [0.4, 0.5) is 5.69 Å². The summed E-state index contributed by atoms with van der Waals surface area (Å²) in [6.45, 7) is 0. The zero-order valence-corrected chi connectivity index (χ0v) is 9.46. The van der Waals surface area contributed by atoms with Crippen molar-refractivity contribution in [1.29, 1.82) is 0 Å². The van der Waals surface area contributed by atoms with Crippen LogP contribution in [0.5, 0.6) is 5.75 Å². The number of carbonyl (C=O) groups excluding carboxylic acids is 2. The number of rotatable bonds is 3. The van der Waals surface area contributed by atoms with Crippen LogP contribution in [0.15, 0.2) is 48.5 Å². The second kappa shape index (κ2) is 4.71. The van der Waals surface area contributed by atoms with Crippen molar-refractivity contribution in [3.63, 3.8) is 0 Å². The molecule has 2 aromatic carbocycles. The summed E-state index contributed by atoms with van der Waals surface area (Å²) in [6, 6.07) is 12.5. The van der Waals surface area contributed by atoms with Gasteiger partial charge in [0, 0.05) is 5.56 Å². The maximum atomic E-state index is 12.0. The summed E-state index contributed by atoms with van der Waals surface area (Å²) in [6.07, 6.45) is 0. The topological polar surface area (TPSA) is 80.4 Å². The van der Waals surface area contributed by atoms with E-state index in [-0.39, 0.29) is 22.6 Å². The van der Waals surface area contributed by atoms with E-state index in [0.29, 0.717) is 0 Å². The molecule has 18 heavy (non-hydrogen) atoms. The molecule has 0 saturated heterocycles. The summed E-state index contributed by atoms with van der Waals surface area (Å²) in [4.78, 5) is 23.9. The molecule has 0 aliphatic rings. The summed E-state index contributed by atoms with van der Waals surface area (Å²) >= 11 is 0. The molecule has 2 aromatic rings. The SMILES string of the molecule is Nc1cccc(C(=O)C(=O)c2ccccc2)c1O. The Bertz CT molecular complexity index is 606. The van der Waals surface area contributed by atoms with Crippen LogP contribution >= 0.6 is 0 Å². The molecule has 0 aliphatic heterocycles. The first kappa shape index (κ1) is 11.9. The number of Topliss-reactive ketones (excluding diaryl/α,β-unsaturated/α-hetero) is 2. The quantitative estimate of drug-likeness (QED) is 0.373. The van der Waals surface area contributed by atoms with Crippen molar-refractivity contribution < 1.29 is 14.7 Å². The molecule has 0 amide bonds. The highest BCUT2D eigenvalue weighted by atomic mass is 16.3. The van der Waals surface area contributed by atoms with Gasteiger partial charge in [0.15, 0.2) is 0 Å². The van der Waals surface area contributed by atoms with Gasteiger partial charge in [-0.15, -0.1) is 0 Å². The maximum Gasteiger partial charge on any atom is 0.237 e. The number of anilines is 1. The molecule has 0 radical (unpaired) electrons. The molecule has 0 unspecified atom stereocenters. The number of hydrogen-bond acceptors (Lipinski definition) is 4. The third-order valence-corrected chi connectivity index (χ3v) is 2.55. The van der Waals surface area contributed by atoms with Gasteiger partial charge in [-0.1, -0.05) is 36.4 Å². The number of carbonyl (C=O) groups is 2. The van der Waals surface area contributed by atoms with Crippen molar-refractivity contribution in [3.8, 4) is 5.75 Å². The number of para-hydroxylation sites is 1. The van der Waals surface area contributed by atoms with E-state index < -0.39 is 11.6 Å². The van der Waals surface area contributed by atoms with Crippen molar-refractivity contribution in [3.05, 3.63) is 59.7 Å². The van der Waals surface area contributed by atoms with Gasteiger partial charge in [-0.3, -0.25) is 9.59 Å². The first-order chi connectivity index (χ1) is 8.61. The van der Waals surface area contributed by atoms with Crippen LogP contribution < -0.4 is 5.73 Å². The molecular weight excluding hydrogens is 230 g/mol. The van der Waals surface area contributed by atoms with Crippen molar-refractivity contribution >= 4 is 17.3 Å². The van der Waals surface area contributed by atoms with Crippen LogP contribution in [0.1, 0.15) is 20.7 Å². The number of benzene rings is 2. The average Bonchev–Trinajstić information content (AvgIpc) is 2.41. The predicted octanol–water partition coefficient (Wildman–Crippen LogP) is 2.04. The molecule has 0 fully saturated rings. The van der Waals surface area contributed by atoms with Gasteiger partial charge in [0.05, 0.1) is 11.3 Å². The Morgan fingerprint density at radius 3 is 2.22 bits per heavy atom. The Hall–Kier alpha value is -2.62. The van der Waals surface area contributed by atoms with Crippen LogP contribution in [0.3, 0.4) is 0 Å². The standard InChI is InChI=1S/C14H11NO3/c15-11-8-4-7-10(13(11)17)14(18)12(16)9-5-2-1-3-6-9/h1-8,17H,15H2. The van der Waals surface area contributed by atoms with Gasteiger partial charge in [-0.05, 0) is 12.1 Å². The average molecular weight is 241 g/mol. The minimum atomic E-state index is -0.772. The van der Waals surface area contributed by atoms with Crippen molar-refractivity contribution in [2.24, 2.45) is 0 Å².